The normalized spacial score (nSPS) is 15.5. The largest absolute Gasteiger partial charge is 0.328 e. The minimum Gasteiger partial charge on any atom is -0.326 e. The van der Waals surface area contributed by atoms with Crippen molar-refractivity contribution in [3.8, 4) is 0 Å². The van der Waals surface area contributed by atoms with E-state index in [9.17, 15) is 18.0 Å². The zero-order valence-electron chi connectivity index (χ0n) is 18.2. The Morgan fingerprint density at radius 1 is 0.938 bits per heavy atom. The molecule has 170 valence electrons. The first-order valence-corrected chi connectivity index (χ1v) is 12.4. The second-order valence-electron chi connectivity index (χ2n) is 8.12. The summed E-state index contributed by atoms with van der Waals surface area (Å²) in [4.78, 5) is 25.2. The minimum atomic E-state index is -3.52. The minimum absolute atomic E-state index is 0.127. The third-order valence-electron chi connectivity index (χ3n) is 5.96. The highest BCUT2D eigenvalue weighted by Crippen LogP contribution is 2.22. The molecule has 0 spiro atoms. The van der Waals surface area contributed by atoms with Crippen molar-refractivity contribution in [2.75, 3.05) is 18.4 Å². The van der Waals surface area contributed by atoms with Crippen molar-refractivity contribution in [1.82, 2.24) is 13.4 Å². The van der Waals surface area contributed by atoms with Crippen LogP contribution in [0, 0.1) is 0 Å². The molecule has 4 rings (SSSR count). The van der Waals surface area contributed by atoms with Gasteiger partial charge in [0.15, 0.2) is 0 Å². The summed E-state index contributed by atoms with van der Waals surface area (Å²) < 4.78 is 30.5. The average molecular weight is 457 g/mol. The predicted octanol–water partition coefficient (Wildman–Crippen LogP) is 2.93. The third kappa shape index (κ3) is 4.49. The molecule has 0 radical (unpaired) electrons. The maximum absolute atomic E-state index is 12.9. The van der Waals surface area contributed by atoms with Crippen LogP contribution in [0.15, 0.2) is 58.2 Å². The Hall–Kier alpha value is -2.91. The number of aromatic nitrogens is 2. The van der Waals surface area contributed by atoms with E-state index >= 15 is 0 Å². The maximum atomic E-state index is 12.9. The number of aryl methyl sites for hydroxylation is 2. The van der Waals surface area contributed by atoms with Gasteiger partial charge in [0.1, 0.15) is 0 Å². The van der Waals surface area contributed by atoms with Crippen molar-refractivity contribution in [2.45, 2.75) is 43.5 Å². The van der Waals surface area contributed by atoms with E-state index in [0.717, 1.165) is 36.7 Å². The lowest BCUT2D eigenvalue weighted by molar-refractivity contribution is -0.116. The van der Waals surface area contributed by atoms with E-state index in [1.54, 1.807) is 32.6 Å². The lowest BCUT2D eigenvalue weighted by Crippen LogP contribution is -2.31. The van der Waals surface area contributed by atoms with Crippen molar-refractivity contribution < 1.29 is 13.2 Å². The maximum Gasteiger partial charge on any atom is 0.328 e. The second-order valence-corrected chi connectivity index (χ2v) is 10.1. The third-order valence-corrected chi connectivity index (χ3v) is 7.87. The number of amides is 1. The van der Waals surface area contributed by atoms with Crippen LogP contribution in [0.3, 0.4) is 0 Å². The average Bonchev–Trinajstić information content (AvgIpc) is 2.98. The van der Waals surface area contributed by atoms with Gasteiger partial charge in [0.2, 0.25) is 15.9 Å². The first-order chi connectivity index (χ1) is 15.4. The number of benzene rings is 2. The number of sulfonamides is 1. The van der Waals surface area contributed by atoms with Crippen molar-refractivity contribution in [1.29, 1.82) is 0 Å². The quantitative estimate of drug-likeness (QED) is 0.617. The van der Waals surface area contributed by atoms with Gasteiger partial charge in [-0.2, -0.15) is 4.31 Å². The number of anilines is 1. The number of imidazole rings is 1. The fourth-order valence-corrected chi connectivity index (χ4v) is 5.67. The summed E-state index contributed by atoms with van der Waals surface area (Å²) in [6.07, 6.45) is 4.01. The van der Waals surface area contributed by atoms with Crippen molar-refractivity contribution >= 4 is 32.7 Å². The van der Waals surface area contributed by atoms with Crippen LogP contribution in [0.1, 0.15) is 32.1 Å². The predicted molar refractivity (Wildman–Crippen MR) is 124 cm³/mol. The van der Waals surface area contributed by atoms with Gasteiger partial charge < -0.3 is 5.32 Å². The molecule has 1 aliphatic heterocycles. The SMILES string of the molecule is Cn1c(=O)n(CCC(=O)Nc2ccc(S(=O)(=O)N3CCCCCC3)cc2)c2ccccc21. The standard InChI is InChI=1S/C23H28N4O4S/c1-25-20-8-4-5-9-21(20)27(23(25)29)17-14-22(28)24-18-10-12-19(13-11-18)32(30,31)26-15-6-2-3-7-16-26/h4-5,8-13H,2-3,6-7,14-17H2,1H3,(H,24,28). The van der Waals surface area contributed by atoms with Gasteiger partial charge in [-0.05, 0) is 49.2 Å². The molecule has 1 N–H and O–H groups in total. The van der Waals surface area contributed by atoms with Crippen molar-refractivity contribution in [3.05, 3.63) is 59.0 Å². The molecule has 1 aliphatic rings. The summed E-state index contributed by atoms with van der Waals surface area (Å²) in [6, 6.07) is 13.7. The van der Waals surface area contributed by atoms with Gasteiger partial charge in [-0.3, -0.25) is 13.9 Å². The van der Waals surface area contributed by atoms with Gasteiger partial charge in [0, 0.05) is 38.8 Å². The van der Waals surface area contributed by atoms with Crippen LogP contribution in [0.4, 0.5) is 5.69 Å². The van der Waals surface area contributed by atoms with E-state index in [-0.39, 0.29) is 29.5 Å². The summed E-state index contributed by atoms with van der Waals surface area (Å²) in [5, 5.41) is 2.79. The topological polar surface area (TPSA) is 93.4 Å². The molecule has 9 heteroatoms. The molecular formula is C23H28N4O4S. The summed E-state index contributed by atoms with van der Waals surface area (Å²) in [5.74, 6) is -0.243. The van der Waals surface area contributed by atoms with Crippen LogP contribution in [0.2, 0.25) is 0 Å². The fourth-order valence-electron chi connectivity index (χ4n) is 4.16. The molecule has 3 aromatic rings. The lowest BCUT2D eigenvalue weighted by atomic mass is 10.2. The molecule has 8 nitrogen and oxygen atoms in total. The smallest absolute Gasteiger partial charge is 0.326 e. The van der Waals surface area contributed by atoms with E-state index in [1.165, 1.54) is 12.1 Å². The number of carbonyl (C=O) groups excluding carboxylic acids is 1. The van der Waals surface area contributed by atoms with Crippen LogP contribution >= 0.6 is 0 Å². The molecule has 1 aromatic heterocycles. The molecular weight excluding hydrogens is 428 g/mol. The molecule has 0 aliphatic carbocycles. The number of nitrogens with one attached hydrogen (secondary N) is 1. The monoisotopic (exact) mass is 456 g/mol. The van der Waals surface area contributed by atoms with Crippen molar-refractivity contribution in [3.63, 3.8) is 0 Å². The fraction of sp³-hybridized carbons (Fsp3) is 0.391. The molecule has 0 saturated carbocycles. The van der Waals surface area contributed by atoms with Crippen LogP contribution in [0.5, 0.6) is 0 Å². The van der Waals surface area contributed by atoms with Crippen LogP contribution < -0.4 is 11.0 Å². The molecule has 0 bridgehead atoms. The number of hydrogen-bond donors (Lipinski definition) is 1. The highest BCUT2D eigenvalue weighted by atomic mass is 32.2. The van der Waals surface area contributed by atoms with E-state index < -0.39 is 10.0 Å². The number of hydrogen-bond acceptors (Lipinski definition) is 4. The lowest BCUT2D eigenvalue weighted by Gasteiger charge is -2.20. The molecule has 2 aromatic carbocycles. The molecule has 0 atom stereocenters. The molecule has 32 heavy (non-hydrogen) atoms. The number of nitrogens with zero attached hydrogens (tertiary/aromatic N) is 3. The Labute approximate surface area is 187 Å². The van der Waals surface area contributed by atoms with Gasteiger partial charge in [-0.1, -0.05) is 25.0 Å². The molecule has 0 unspecified atom stereocenters. The van der Waals surface area contributed by atoms with E-state index in [0.29, 0.717) is 18.8 Å². The number of fused-ring (bicyclic) bond motifs is 1. The molecule has 1 fully saturated rings. The molecule has 1 amide bonds. The first kappa shape index (κ1) is 22.3. The zero-order valence-corrected chi connectivity index (χ0v) is 19.0. The first-order valence-electron chi connectivity index (χ1n) is 10.9. The second kappa shape index (κ2) is 9.30. The van der Waals surface area contributed by atoms with Gasteiger partial charge in [0.25, 0.3) is 0 Å². The summed E-state index contributed by atoms with van der Waals surface area (Å²) in [5.41, 5.74) is 1.96. The van der Waals surface area contributed by atoms with Gasteiger partial charge >= 0.3 is 5.69 Å². The molecule has 2 heterocycles. The van der Waals surface area contributed by atoms with E-state index in [2.05, 4.69) is 5.32 Å². The van der Waals surface area contributed by atoms with Gasteiger partial charge in [0.05, 0.1) is 15.9 Å². The number of para-hydroxylation sites is 2. The van der Waals surface area contributed by atoms with Crippen LogP contribution in [-0.4, -0.2) is 40.9 Å². The van der Waals surface area contributed by atoms with E-state index in [1.807, 2.05) is 24.3 Å². The summed E-state index contributed by atoms with van der Waals surface area (Å²) in [7, 11) is -1.81. The zero-order chi connectivity index (χ0) is 22.7. The Balaban J connectivity index is 1.40. The molecule has 1 saturated heterocycles. The number of rotatable bonds is 6. The highest BCUT2D eigenvalue weighted by molar-refractivity contribution is 7.89. The Bertz CT molecular complexity index is 1270. The number of carbonyl (C=O) groups is 1. The highest BCUT2D eigenvalue weighted by Gasteiger charge is 2.25. The summed E-state index contributed by atoms with van der Waals surface area (Å²) >= 11 is 0. The van der Waals surface area contributed by atoms with Gasteiger partial charge in [-0.25, -0.2) is 13.2 Å². The Morgan fingerprint density at radius 2 is 1.56 bits per heavy atom. The van der Waals surface area contributed by atoms with Gasteiger partial charge in [-0.15, -0.1) is 0 Å². The Kier molecular flexibility index (Phi) is 6.48. The van der Waals surface area contributed by atoms with Crippen LogP contribution in [0.25, 0.3) is 11.0 Å². The van der Waals surface area contributed by atoms with E-state index in [4.69, 9.17) is 0 Å². The van der Waals surface area contributed by atoms with Crippen molar-refractivity contribution in [2.24, 2.45) is 7.05 Å². The Morgan fingerprint density at radius 3 is 2.22 bits per heavy atom. The summed E-state index contributed by atoms with van der Waals surface area (Å²) in [6.45, 7) is 1.36. The van der Waals surface area contributed by atoms with Crippen LogP contribution in [-0.2, 0) is 28.4 Å².